The first-order chi connectivity index (χ1) is 13.7. The predicted molar refractivity (Wildman–Crippen MR) is 106 cm³/mol. The molecule has 5 rings (SSSR count). The summed E-state index contributed by atoms with van der Waals surface area (Å²) in [5, 5.41) is 11.4. The van der Waals surface area contributed by atoms with Crippen molar-refractivity contribution in [3.05, 3.63) is 70.3 Å². The highest BCUT2D eigenvalue weighted by Gasteiger charge is 2.19. The molecule has 6 nitrogen and oxygen atoms in total. The first-order valence-electron chi connectivity index (χ1n) is 9.48. The summed E-state index contributed by atoms with van der Waals surface area (Å²) < 4.78 is 13.1. The summed E-state index contributed by atoms with van der Waals surface area (Å²) in [5.74, 6) is 0.572. The number of aromatic nitrogens is 2. The summed E-state index contributed by atoms with van der Waals surface area (Å²) in [6.07, 6.45) is 3.72. The SMILES string of the molecule is O=c1oc2cc(OCC(O)Cn3cnc4ccccc43)ccc2c2c1CCC2. The minimum absolute atomic E-state index is 0.132. The Morgan fingerprint density at radius 3 is 2.96 bits per heavy atom. The van der Waals surface area contributed by atoms with Crippen LogP contribution in [0.2, 0.25) is 0 Å². The molecule has 0 bridgehead atoms. The van der Waals surface area contributed by atoms with Gasteiger partial charge in [-0.1, -0.05) is 12.1 Å². The first kappa shape index (κ1) is 17.0. The number of aliphatic hydroxyl groups excluding tert-OH is 1. The fourth-order valence-electron chi connectivity index (χ4n) is 3.98. The van der Waals surface area contributed by atoms with Crippen LogP contribution < -0.4 is 10.4 Å². The number of ether oxygens (including phenoxy) is 1. The Morgan fingerprint density at radius 1 is 1.18 bits per heavy atom. The van der Waals surface area contributed by atoms with E-state index in [0.717, 1.165) is 46.8 Å². The van der Waals surface area contributed by atoms with Gasteiger partial charge in [0.15, 0.2) is 0 Å². The third-order valence-electron chi connectivity index (χ3n) is 5.32. The number of imidazole rings is 1. The van der Waals surface area contributed by atoms with Crippen molar-refractivity contribution in [1.29, 1.82) is 0 Å². The summed E-state index contributed by atoms with van der Waals surface area (Å²) in [6, 6.07) is 13.3. The van der Waals surface area contributed by atoms with E-state index in [-0.39, 0.29) is 12.2 Å². The fraction of sp³-hybridized carbons (Fsp3) is 0.273. The van der Waals surface area contributed by atoms with Gasteiger partial charge in [-0.3, -0.25) is 0 Å². The van der Waals surface area contributed by atoms with Gasteiger partial charge in [-0.25, -0.2) is 9.78 Å². The largest absolute Gasteiger partial charge is 0.491 e. The van der Waals surface area contributed by atoms with Crippen molar-refractivity contribution in [2.75, 3.05) is 6.61 Å². The Morgan fingerprint density at radius 2 is 2.04 bits per heavy atom. The molecule has 2 aromatic heterocycles. The lowest BCUT2D eigenvalue weighted by atomic mass is 10.1. The molecule has 0 amide bonds. The summed E-state index contributed by atoms with van der Waals surface area (Å²) in [4.78, 5) is 16.5. The molecule has 4 aromatic rings. The zero-order valence-corrected chi connectivity index (χ0v) is 15.3. The summed E-state index contributed by atoms with van der Waals surface area (Å²) in [7, 11) is 0. The smallest absolute Gasteiger partial charge is 0.339 e. The van der Waals surface area contributed by atoms with Gasteiger partial charge in [0, 0.05) is 17.0 Å². The number of hydrogen-bond acceptors (Lipinski definition) is 5. The molecule has 0 aliphatic heterocycles. The Hall–Kier alpha value is -3.12. The van der Waals surface area contributed by atoms with E-state index in [1.165, 1.54) is 0 Å². The maximum Gasteiger partial charge on any atom is 0.339 e. The number of hydrogen-bond donors (Lipinski definition) is 1. The van der Waals surface area contributed by atoms with E-state index in [1.54, 1.807) is 12.4 Å². The predicted octanol–water partition coefficient (Wildman–Crippen LogP) is 3.07. The molecular weight excluding hydrogens is 356 g/mol. The van der Waals surface area contributed by atoms with E-state index in [0.29, 0.717) is 17.9 Å². The van der Waals surface area contributed by atoms with Crippen LogP contribution in [0, 0.1) is 0 Å². The highest BCUT2D eigenvalue weighted by molar-refractivity contribution is 5.83. The summed E-state index contributed by atoms with van der Waals surface area (Å²) in [6.45, 7) is 0.518. The van der Waals surface area contributed by atoms with E-state index in [1.807, 2.05) is 41.0 Å². The number of fused-ring (bicyclic) bond motifs is 4. The molecule has 6 heteroatoms. The lowest BCUT2D eigenvalue weighted by molar-refractivity contribution is 0.0934. The quantitative estimate of drug-likeness (QED) is 0.542. The van der Waals surface area contributed by atoms with Crippen LogP contribution in [0.1, 0.15) is 17.5 Å². The number of benzene rings is 2. The maximum atomic E-state index is 12.1. The topological polar surface area (TPSA) is 77.5 Å². The van der Waals surface area contributed by atoms with Gasteiger partial charge in [0.1, 0.15) is 24.0 Å². The molecule has 0 saturated carbocycles. The lowest BCUT2D eigenvalue weighted by Crippen LogP contribution is -2.23. The minimum atomic E-state index is -0.694. The summed E-state index contributed by atoms with van der Waals surface area (Å²) >= 11 is 0. The minimum Gasteiger partial charge on any atom is -0.491 e. The van der Waals surface area contributed by atoms with Crippen LogP contribution >= 0.6 is 0 Å². The normalized spacial score (nSPS) is 14.5. The Labute approximate surface area is 161 Å². The number of nitrogens with zero attached hydrogens (tertiary/aromatic N) is 2. The van der Waals surface area contributed by atoms with Crippen LogP contribution in [0.3, 0.4) is 0 Å². The average molecular weight is 376 g/mol. The van der Waals surface area contributed by atoms with Gasteiger partial charge >= 0.3 is 5.63 Å². The second kappa shape index (κ2) is 6.80. The van der Waals surface area contributed by atoms with Crippen molar-refractivity contribution in [1.82, 2.24) is 9.55 Å². The van der Waals surface area contributed by atoms with Crippen LogP contribution in [0.4, 0.5) is 0 Å². The van der Waals surface area contributed by atoms with Crippen molar-refractivity contribution >= 4 is 22.0 Å². The molecule has 2 heterocycles. The molecule has 142 valence electrons. The van der Waals surface area contributed by atoms with Gasteiger partial charge in [0.05, 0.1) is 23.9 Å². The second-order valence-electron chi connectivity index (χ2n) is 7.21. The van der Waals surface area contributed by atoms with Crippen molar-refractivity contribution in [2.45, 2.75) is 31.9 Å². The van der Waals surface area contributed by atoms with Gasteiger partial charge in [-0.2, -0.15) is 0 Å². The Kier molecular flexibility index (Phi) is 4.13. The number of rotatable bonds is 5. The Bertz CT molecular complexity index is 1220. The molecule has 1 aliphatic rings. The van der Waals surface area contributed by atoms with Crippen LogP contribution in [0.15, 0.2) is 58.0 Å². The van der Waals surface area contributed by atoms with E-state index in [4.69, 9.17) is 9.15 Å². The maximum absolute atomic E-state index is 12.1. The second-order valence-corrected chi connectivity index (χ2v) is 7.21. The van der Waals surface area contributed by atoms with E-state index in [9.17, 15) is 9.90 Å². The molecule has 0 spiro atoms. The highest BCUT2D eigenvalue weighted by Crippen LogP contribution is 2.29. The molecule has 28 heavy (non-hydrogen) atoms. The molecule has 2 aromatic carbocycles. The number of para-hydroxylation sites is 2. The molecule has 1 atom stereocenters. The third kappa shape index (κ3) is 2.96. The van der Waals surface area contributed by atoms with Gasteiger partial charge in [-0.15, -0.1) is 0 Å². The standard InChI is InChI=1S/C22H20N2O4/c25-14(11-24-13-23-19-6-1-2-7-20(19)24)12-27-15-8-9-17-16-4-3-5-18(16)22(26)28-21(17)10-15/h1-2,6-10,13-14,25H,3-5,11-12H2. The molecular formula is C22H20N2O4. The van der Waals surface area contributed by atoms with Crippen LogP contribution in [0.25, 0.3) is 22.0 Å². The fourth-order valence-corrected chi connectivity index (χ4v) is 3.98. The molecule has 0 saturated heterocycles. The van der Waals surface area contributed by atoms with Gasteiger partial charge in [0.25, 0.3) is 0 Å². The lowest BCUT2D eigenvalue weighted by Gasteiger charge is -2.14. The zero-order chi connectivity index (χ0) is 19.1. The average Bonchev–Trinajstić information content (AvgIpc) is 3.35. The van der Waals surface area contributed by atoms with Crippen molar-refractivity contribution < 1.29 is 14.3 Å². The van der Waals surface area contributed by atoms with Crippen LogP contribution in [-0.4, -0.2) is 27.4 Å². The monoisotopic (exact) mass is 376 g/mol. The van der Waals surface area contributed by atoms with Crippen LogP contribution in [0.5, 0.6) is 5.75 Å². The first-order valence-corrected chi connectivity index (χ1v) is 9.48. The highest BCUT2D eigenvalue weighted by atomic mass is 16.5. The van der Waals surface area contributed by atoms with Crippen molar-refractivity contribution in [2.24, 2.45) is 0 Å². The van der Waals surface area contributed by atoms with Crippen molar-refractivity contribution in [3.8, 4) is 5.75 Å². The molecule has 1 unspecified atom stereocenters. The van der Waals surface area contributed by atoms with Gasteiger partial charge < -0.3 is 18.8 Å². The van der Waals surface area contributed by atoms with E-state index < -0.39 is 6.10 Å². The third-order valence-corrected chi connectivity index (χ3v) is 5.32. The number of aryl methyl sites for hydroxylation is 1. The number of aliphatic hydroxyl groups is 1. The molecule has 0 radical (unpaired) electrons. The van der Waals surface area contributed by atoms with Gasteiger partial charge in [-0.05, 0) is 49.1 Å². The molecule has 1 N–H and O–H groups in total. The molecule has 0 fully saturated rings. The molecule has 1 aliphatic carbocycles. The summed E-state index contributed by atoms with van der Waals surface area (Å²) in [5.41, 5.74) is 4.08. The van der Waals surface area contributed by atoms with Crippen LogP contribution in [-0.2, 0) is 19.4 Å². The van der Waals surface area contributed by atoms with E-state index >= 15 is 0 Å². The van der Waals surface area contributed by atoms with E-state index in [2.05, 4.69) is 4.98 Å². The zero-order valence-electron chi connectivity index (χ0n) is 15.3. The van der Waals surface area contributed by atoms with Gasteiger partial charge in [0.2, 0.25) is 0 Å². The van der Waals surface area contributed by atoms with Crippen molar-refractivity contribution in [3.63, 3.8) is 0 Å². The Balaban J connectivity index is 1.31.